The number of ether oxygens (including phenoxy) is 2. The van der Waals surface area contributed by atoms with Crippen molar-refractivity contribution in [3.8, 4) is 11.5 Å². The zero-order valence-electron chi connectivity index (χ0n) is 21.8. The number of primary amides is 1. The highest BCUT2D eigenvalue weighted by atomic mass is 35.5. The Bertz CT molecular complexity index is 1410. The summed E-state index contributed by atoms with van der Waals surface area (Å²) in [6.07, 6.45) is 0.460. The average molecular weight is 568 g/mol. The Kier molecular flexibility index (Phi) is 10.3. The first kappa shape index (κ1) is 29.8. The van der Waals surface area contributed by atoms with Crippen LogP contribution in [0.15, 0.2) is 54.6 Å². The Labute approximate surface area is 235 Å². The van der Waals surface area contributed by atoms with Crippen LogP contribution < -0.4 is 31.6 Å². The van der Waals surface area contributed by atoms with Gasteiger partial charge < -0.3 is 36.7 Å². The highest BCUT2D eigenvalue weighted by molar-refractivity contribution is 6.31. The molecular formula is C28H30ClN5O6. The van der Waals surface area contributed by atoms with E-state index in [1.807, 2.05) is 0 Å². The zero-order chi connectivity index (χ0) is 29.2. The summed E-state index contributed by atoms with van der Waals surface area (Å²) in [6, 6.07) is 14.7. The van der Waals surface area contributed by atoms with Crippen LogP contribution in [0.1, 0.15) is 40.4 Å². The van der Waals surface area contributed by atoms with Gasteiger partial charge >= 0.3 is 5.97 Å². The summed E-state index contributed by atoms with van der Waals surface area (Å²) < 4.78 is 11.3. The predicted molar refractivity (Wildman–Crippen MR) is 152 cm³/mol. The summed E-state index contributed by atoms with van der Waals surface area (Å²) in [4.78, 5) is 35.8. The maximum Gasteiger partial charge on any atom is 0.341 e. The minimum Gasteiger partial charge on any atom is -0.490 e. The van der Waals surface area contributed by atoms with Gasteiger partial charge in [-0.3, -0.25) is 15.0 Å². The lowest BCUT2D eigenvalue weighted by molar-refractivity contribution is -0.139. The Morgan fingerprint density at radius 1 is 1.02 bits per heavy atom. The van der Waals surface area contributed by atoms with Crippen LogP contribution in [0.5, 0.6) is 11.5 Å². The van der Waals surface area contributed by atoms with Crippen LogP contribution in [0.2, 0.25) is 5.02 Å². The SMILES string of the molecule is CCOc1cc(CCC(N)=O)cc(CNc2ccc(Cl)cc2C(=O)Nc2ccc(C(=N)N)cc2)c1OCC(=O)O. The molecule has 0 heterocycles. The van der Waals surface area contributed by atoms with Gasteiger partial charge in [0, 0.05) is 40.5 Å². The third-order valence-electron chi connectivity index (χ3n) is 5.64. The Balaban J connectivity index is 1.91. The number of nitrogens with one attached hydrogen (secondary N) is 3. The highest BCUT2D eigenvalue weighted by Crippen LogP contribution is 2.35. The molecule has 8 N–H and O–H groups in total. The molecule has 3 rings (SSSR count). The van der Waals surface area contributed by atoms with Crippen LogP contribution >= 0.6 is 11.6 Å². The van der Waals surface area contributed by atoms with E-state index < -0.39 is 24.4 Å². The second-order valence-corrected chi connectivity index (χ2v) is 9.09. The molecule has 0 saturated heterocycles. The number of aryl methyl sites for hydroxylation is 1. The lowest BCUT2D eigenvalue weighted by atomic mass is 10.0. The van der Waals surface area contributed by atoms with Crippen molar-refractivity contribution >= 4 is 46.6 Å². The number of carbonyl (C=O) groups excluding carboxylic acids is 2. The third-order valence-corrected chi connectivity index (χ3v) is 5.88. The molecule has 0 aliphatic carbocycles. The van der Waals surface area contributed by atoms with Gasteiger partial charge in [0.1, 0.15) is 5.84 Å². The topological polar surface area (TPSA) is 190 Å². The molecule has 12 heteroatoms. The maximum absolute atomic E-state index is 13.2. The van der Waals surface area contributed by atoms with Gasteiger partial charge in [0.2, 0.25) is 5.91 Å². The predicted octanol–water partition coefficient (Wildman–Crippen LogP) is 3.77. The van der Waals surface area contributed by atoms with Crippen LogP contribution in [0.25, 0.3) is 0 Å². The number of hydrogen-bond donors (Lipinski definition) is 6. The van der Waals surface area contributed by atoms with Crippen molar-refractivity contribution in [1.29, 1.82) is 5.41 Å². The molecular weight excluding hydrogens is 538 g/mol. The Morgan fingerprint density at radius 3 is 2.38 bits per heavy atom. The van der Waals surface area contributed by atoms with Crippen molar-refractivity contribution in [3.63, 3.8) is 0 Å². The van der Waals surface area contributed by atoms with Crippen LogP contribution in [0.4, 0.5) is 11.4 Å². The zero-order valence-corrected chi connectivity index (χ0v) is 22.5. The lowest BCUT2D eigenvalue weighted by Gasteiger charge is -2.19. The first-order chi connectivity index (χ1) is 19.1. The Morgan fingerprint density at radius 2 is 1.75 bits per heavy atom. The van der Waals surface area contributed by atoms with E-state index >= 15 is 0 Å². The summed E-state index contributed by atoms with van der Waals surface area (Å²) in [5.74, 6) is -1.59. The van der Waals surface area contributed by atoms with Gasteiger partial charge in [0.05, 0.1) is 12.2 Å². The highest BCUT2D eigenvalue weighted by Gasteiger charge is 2.18. The van der Waals surface area contributed by atoms with E-state index in [1.165, 1.54) is 6.07 Å². The van der Waals surface area contributed by atoms with Crippen LogP contribution in [-0.4, -0.2) is 41.9 Å². The second-order valence-electron chi connectivity index (χ2n) is 8.65. The first-order valence-electron chi connectivity index (χ1n) is 12.3. The first-order valence-corrected chi connectivity index (χ1v) is 12.7. The number of nitrogen functional groups attached to an aromatic ring is 1. The number of aliphatic carboxylic acids is 1. The smallest absolute Gasteiger partial charge is 0.341 e. The van der Waals surface area contributed by atoms with Gasteiger partial charge in [-0.2, -0.15) is 0 Å². The van der Waals surface area contributed by atoms with Crippen LogP contribution in [0, 0.1) is 5.41 Å². The summed E-state index contributed by atoms with van der Waals surface area (Å²) in [5.41, 5.74) is 13.8. The minimum atomic E-state index is -1.16. The second kappa shape index (κ2) is 13.9. The molecule has 3 aromatic carbocycles. The number of amides is 2. The van der Waals surface area contributed by atoms with Crippen LogP contribution in [-0.2, 0) is 22.6 Å². The molecule has 0 aliphatic rings. The number of carboxylic acids is 1. The van der Waals surface area contributed by atoms with E-state index in [2.05, 4.69) is 10.6 Å². The molecule has 0 unspecified atom stereocenters. The van der Waals surface area contributed by atoms with E-state index in [0.29, 0.717) is 46.3 Å². The number of hydrogen-bond acceptors (Lipinski definition) is 7. The fourth-order valence-corrected chi connectivity index (χ4v) is 3.98. The molecule has 0 fully saturated rings. The fraction of sp³-hybridized carbons (Fsp3) is 0.214. The summed E-state index contributed by atoms with van der Waals surface area (Å²) in [6.45, 7) is 1.60. The standard InChI is InChI=1S/C28H30ClN5O6/c1-2-39-23-12-16(3-10-24(30)35)11-18(26(23)40-15-25(36)37)14-33-22-9-6-19(29)13-21(22)28(38)34-20-7-4-17(5-8-20)27(31)32/h4-9,11-13,33H,2-3,10,14-15H2,1H3,(H2,30,35)(H3,31,32)(H,34,38)(H,36,37). The molecule has 40 heavy (non-hydrogen) atoms. The van der Waals surface area contributed by atoms with Crippen molar-refractivity contribution in [2.45, 2.75) is 26.3 Å². The number of nitrogens with two attached hydrogens (primary N) is 2. The van der Waals surface area contributed by atoms with Gasteiger partial charge in [-0.15, -0.1) is 0 Å². The van der Waals surface area contributed by atoms with Crippen molar-refractivity contribution in [2.75, 3.05) is 23.8 Å². The molecule has 0 aromatic heterocycles. The number of carbonyl (C=O) groups is 3. The van der Waals surface area contributed by atoms with Gasteiger partial charge in [-0.25, -0.2) is 4.79 Å². The lowest BCUT2D eigenvalue weighted by Crippen LogP contribution is -2.16. The molecule has 3 aromatic rings. The van der Waals surface area contributed by atoms with Crippen molar-refractivity contribution < 1.29 is 29.0 Å². The fourth-order valence-electron chi connectivity index (χ4n) is 3.81. The number of amidine groups is 1. The number of carboxylic acid groups (broad SMARTS) is 1. The van der Waals surface area contributed by atoms with E-state index in [9.17, 15) is 19.5 Å². The molecule has 0 atom stereocenters. The average Bonchev–Trinajstić information content (AvgIpc) is 2.90. The van der Waals surface area contributed by atoms with Crippen molar-refractivity contribution in [3.05, 3.63) is 81.9 Å². The van der Waals surface area contributed by atoms with Crippen molar-refractivity contribution in [2.24, 2.45) is 11.5 Å². The van der Waals surface area contributed by atoms with Crippen molar-refractivity contribution in [1.82, 2.24) is 0 Å². The largest absolute Gasteiger partial charge is 0.490 e. The summed E-state index contributed by atoms with van der Waals surface area (Å²) in [7, 11) is 0. The van der Waals surface area contributed by atoms with E-state index in [0.717, 1.165) is 5.56 Å². The summed E-state index contributed by atoms with van der Waals surface area (Å²) >= 11 is 6.19. The molecule has 0 spiro atoms. The number of anilines is 2. The minimum absolute atomic E-state index is 0.0860. The van der Waals surface area contributed by atoms with E-state index in [-0.39, 0.29) is 30.1 Å². The van der Waals surface area contributed by atoms with Crippen LogP contribution in [0.3, 0.4) is 0 Å². The molecule has 0 radical (unpaired) electrons. The molecule has 0 bridgehead atoms. The number of benzene rings is 3. The molecule has 210 valence electrons. The van der Waals surface area contributed by atoms with Gasteiger partial charge in [-0.05, 0) is 67.4 Å². The van der Waals surface area contributed by atoms with E-state index in [1.54, 1.807) is 55.5 Å². The maximum atomic E-state index is 13.2. The molecule has 0 aliphatic heterocycles. The molecule has 0 saturated carbocycles. The summed E-state index contributed by atoms with van der Waals surface area (Å²) in [5, 5.41) is 23.0. The van der Waals surface area contributed by atoms with E-state index in [4.69, 9.17) is 38.0 Å². The van der Waals surface area contributed by atoms with Gasteiger partial charge in [0.25, 0.3) is 5.91 Å². The number of rotatable bonds is 14. The number of halogens is 1. The van der Waals surface area contributed by atoms with Gasteiger partial charge in [0.15, 0.2) is 18.1 Å². The quantitative estimate of drug-likeness (QED) is 0.125. The Hall–Kier alpha value is -4.77. The molecule has 11 nitrogen and oxygen atoms in total. The monoisotopic (exact) mass is 567 g/mol. The third kappa shape index (κ3) is 8.37. The normalized spacial score (nSPS) is 10.4. The van der Waals surface area contributed by atoms with Gasteiger partial charge in [-0.1, -0.05) is 17.7 Å². The molecule has 2 amide bonds.